The van der Waals surface area contributed by atoms with Gasteiger partial charge in [-0.2, -0.15) is 0 Å². The molecule has 2 rings (SSSR count). The van der Waals surface area contributed by atoms with Crippen molar-refractivity contribution in [2.45, 2.75) is 0 Å². The second-order valence-corrected chi connectivity index (χ2v) is 5.84. The van der Waals surface area contributed by atoms with Crippen LogP contribution in [0, 0.1) is 13.7 Å². The molecule has 0 saturated heterocycles. The largest absolute Gasteiger partial charge is 0.322 e. The van der Waals surface area contributed by atoms with E-state index in [4.69, 9.17) is 11.6 Å². The summed E-state index contributed by atoms with van der Waals surface area (Å²) in [5.74, 6) is -0.318. The number of hydrogen-bond acceptors (Lipinski definition) is 3. The van der Waals surface area contributed by atoms with Gasteiger partial charge in [-0.25, -0.2) is 0 Å². The molecule has 2 aromatic carbocycles. The molecule has 0 unspecified atom stereocenters. The number of halogens is 2. The van der Waals surface area contributed by atoms with E-state index in [1.807, 2.05) is 18.2 Å². The number of rotatable bonds is 4. The predicted molar refractivity (Wildman–Crippen MR) is 94.9 cm³/mol. The Balaban J connectivity index is 2.12. The Morgan fingerprint density at radius 2 is 2.00 bits per heavy atom. The highest BCUT2D eigenvalue weighted by Gasteiger charge is 2.11. The third-order valence-electron chi connectivity index (χ3n) is 2.73. The number of nitro benzene ring substituents is 1. The lowest BCUT2D eigenvalue weighted by Gasteiger charge is -2.04. The van der Waals surface area contributed by atoms with Gasteiger partial charge in [-0.1, -0.05) is 29.8 Å². The van der Waals surface area contributed by atoms with Crippen molar-refractivity contribution in [3.63, 3.8) is 0 Å². The molecule has 112 valence electrons. The van der Waals surface area contributed by atoms with Crippen LogP contribution in [0.1, 0.15) is 5.56 Å². The number of amides is 1. The molecular weight excluding hydrogens is 419 g/mol. The summed E-state index contributed by atoms with van der Waals surface area (Å²) in [6.07, 6.45) is 2.81. The van der Waals surface area contributed by atoms with Gasteiger partial charge < -0.3 is 5.32 Å². The van der Waals surface area contributed by atoms with Crippen molar-refractivity contribution in [1.82, 2.24) is 0 Å². The van der Waals surface area contributed by atoms with Crippen LogP contribution in [0.2, 0.25) is 5.02 Å². The summed E-state index contributed by atoms with van der Waals surface area (Å²) in [5, 5.41) is 13.6. The fourth-order valence-electron chi connectivity index (χ4n) is 1.68. The molecule has 1 amide bonds. The maximum absolute atomic E-state index is 11.9. The molecular formula is C15H10ClIN2O3. The molecule has 0 bridgehead atoms. The number of hydrogen-bond donors (Lipinski definition) is 1. The zero-order valence-corrected chi connectivity index (χ0v) is 14.0. The highest BCUT2D eigenvalue weighted by molar-refractivity contribution is 14.1. The first-order chi connectivity index (χ1) is 10.5. The van der Waals surface area contributed by atoms with Crippen LogP contribution < -0.4 is 5.32 Å². The van der Waals surface area contributed by atoms with E-state index in [0.29, 0.717) is 11.3 Å². The summed E-state index contributed by atoms with van der Waals surface area (Å²) in [6.45, 7) is 0. The van der Waals surface area contributed by atoms with Crippen molar-refractivity contribution < 1.29 is 9.72 Å². The molecule has 0 aliphatic rings. The van der Waals surface area contributed by atoms with Crippen LogP contribution in [-0.4, -0.2) is 10.8 Å². The third-order valence-corrected chi connectivity index (χ3v) is 3.99. The van der Waals surface area contributed by atoms with Crippen molar-refractivity contribution in [3.8, 4) is 0 Å². The number of nitro groups is 1. The average molecular weight is 429 g/mol. The number of carbonyl (C=O) groups is 1. The first-order valence-corrected chi connectivity index (χ1v) is 7.60. The van der Waals surface area contributed by atoms with Crippen LogP contribution in [0.4, 0.5) is 11.4 Å². The maximum Gasteiger partial charge on any atom is 0.288 e. The summed E-state index contributed by atoms with van der Waals surface area (Å²) in [7, 11) is 0. The summed E-state index contributed by atoms with van der Waals surface area (Å²) in [5.41, 5.74) is 1.04. The molecule has 0 spiro atoms. The van der Waals surface area contributed by atoms with Gasteiger partial charge in [0.05, 0.1) is 10.6 Å². The van der Waals surface area contributed by atoms with Gasteiger partial charge >= 0.3 is 0 Å². The van der Waals surface area contributed by atoms with E-state index in [9.17, 15) is 14.9 Å². The van der Waals surface area contributed by atoms with E-state index >= 15 is 0 Å². The van der Waals surface area contributed by atoms with Gasteiger partial charge in [0.1, 0.15) is 5.02 Å². The fourth-order valence-corrected chi connectivity index (χ4v) is 2.39. The Morgan fingerprint density at radius 1 is 1.27 bits per heavy atom. The normalized spacial score (nSPS) is 10.6. The van der Waals surface area contributed by atoms with E-state index in [1.54, 1.807) is 12.1 Å². The Hall–Kier alpha value is -1.93. The highest BCUT2D eigenvalue weighted by Crippen LogP contribution is 2.25. The lowest BCUT2D eigenvalue weighted by molar-refractivity contribution is -0.384. The molecule has 0 fully saturated rings. The predicted octanol–water partition coefficient (Wildman–Crippen LogP) is 4.50. The van der Waals surface area contributed by atoms with Gasteiger partial charge in [0, 0.05) is 15.7 Å². The number of para-hydroxylation sites is 1. The third kappa shape index (κ3) is 4.28. The standard InChI is InChI=1S/C15H10ClIN2O3/c16-11-7-5-10(9-14(11)19(21)22)6-8-15(20)18-13-4-2-1-3-12(13)17/h1-9H,(H,18,20). The van der Waals surface area contributed by atoms with Gasteiger partial charge in [0.25, 0.3) is 5.69 Å². The molecule has 0 saturated carbocycles. The smallest absolute Gasteiger partial charge is 0.288 e. The van der Waals surface area contributed by atoms with Gasteiger partial charge in [-0.15, -0.1) is 0 Å². The molecule has 0 radical (unpaired) electrons. The van der Waals surface area contributed by atoms with E-state index in [0.717, 1.165) is 3.57 Å². The van der Waals surface area contributed by atoms with E-state index in [1.165, 1.54) is 24.3 Å². The van der Waals surface area contributed by atoms with Crippen molar-refractivity contribution in [1.29, 1.82) is 0 Å². The molecule has 0 heterocycles. The second-order valence-electron chi connectivity index (χ2n) is 4.27. The molecule has 5 nitrogen and oxygen atoms in total. The number of nitrogens with zero attached hydrogens (tertiary/aromatic N) is 1. The van der Waals surface area contributed by atoms with Crippen molar-refractivity contribution >= 4 is 57.5 Å². The lowest BCUT2D eigenvalue weighted by Crippen LogP contribution is -2.08. The van der Waals surface area contributed by atoms with Crippen molar-refractivity contribution in [3.05, 3.63) is 72.8 Å². The minimum atomic E-state index is -0.563. The number of carbonyl (C=O) groups excluding carboxylic acids is 1. The second kappa shape index (κ2) is 7.37. The Morgan fingerprint density at radius 3 is 2.68 bits per heavy atom. The van der Waals surface area contributed by atoms with Crippen LogP contribution in [0.5, 0.6) is 0 Å². The van der Waals surface area contributed by atoms with Crippen molar-refractivity contribution in [2.75, 3.05) is 5.32 Å². The first kappa shape index (κ1) is 16.4. The summed E-state index contributed by atoms with van der Waals surface area (Å²) >= 11 is 7.85. The number of anilines is 1. The summed E-state index contributed by atoms with van der Waals surface area (Å²) in [4.78, 5) is 22.1. The molecule has 2 aromatic rings. The average Bonchev–Trinajstić information content (AvgIpc) is 2.48. The quantitative estimate of drug-likeness (QED) is 0.337. The van der Waals surface area contributed by atoms with Gasteiger partial charge in [-0.3, -0.25) is 14.9 Å². The molecule has 0 aliphatic carbocycles. The topological polar surface area (TPSA) is 72.2 Å². The van der Waals surface area contributed by atoms with Gasteiger partial charge in [0.2, 0.25) is 5.91 Å². The monoisotopic (exact) mass is 428 g/mol. The minimum Gasteiger partial charge on any atom is -0.322 e. The molecule has 1 N–H and O–H groups in total. The summed E-state index contributed by atoms with van der Waals surface area (Å²) in [6, 6.07) is 11.7. The zero-order valence-electron chi connectivity index (χ0n) is 11.1. The van der Waals surface area contributed by atoms with Gasteiger partial charge in [-0.05, 0) is 52.4 Å². The zero-order chi connectivity index (χ0) is 16.1. The van der Waals surface area contributed by atoms with Gasteiger partial charge in [0.15, 0.2) is 0 Å². The Bertz CT molecular complexity index is 762. The van der Waals surface area contributed by atoms with E-state index in [2.05, 4.69) is 27.9 Å². The lowest BCUT2D eigenvalue weighted by atomic mass is 10.2. The minimum absolute atomic E-state index is 0.0606. The van der Waals surface area contributed by atoms with Crippen LogP contribution >= 0.6 is 34.2 Å². The molecule has 0 aliphatic heterocycles. The maximum atomic E-state index is 11.9. The Kier molecular flexibility index (Phi) is 5.51. The SMILES string of the molecule is O=C(C=Cc1ccc(Cl)c([N+](=O)[O-])c1)Nc1ccccc1I. The van der Waals surface area contributed by atoms with Crippen LogP contribution in [-0.2, 0) is 4.79 Å². The fraction of sp³-hybridized carbons (Fsp3) is 0. The van der Waals surface area contributed by atoms with Crippen LogP contribution in [0.3, 0.4) is 0 Å². The molecule has 0 aromatic heterocycles. The first-order valence-electron chi connectivity index (χ1n) is 6.15. The van der Waals surface area contributed by atoms with E-state index < -0.39 is 4.92 Å². The van der Waals surface area contributed by atoms with Crippen molar-refractivity contribution in [2.24, 2.45) is 0 Å². The molecule has 0 atom stereocenters. The molecule has 7 heteroatoms. The number of nitrogens with one attached hydrogen (secondary N) is 1. The van der Waals surface area contributed by atoms with Crippen LogP contribution in [0.15, 0.2) is 48.5 Å². The number of benzene rings is 2. The highest BCUT2D eigenvalue weighted by atomic mass is 127. The Labute approximate surface area is 145 Å². The summed E-state index contributed by atoms with van der Waals surface area (Å²) < 4.78 is 0.920. The van der Waals surface area contributed by atoms with Crippen LogP contribution in [0.25, 0.3) is 6.08 Å². The molecule has 22 heavy (non-hydrogen) atoms. The van der Waals surface area contributed by atoms with E-state index in [-0.39, 0.29) is 16.6 Å².